The van der Waals surface area contributed by atoms with E-state index in [1.54, 1.807) is 6.07 Å². The monoisotopic (exact) mass is 308 g/mol. The van der Waals surface area contributed by atoms with Crippen LogP contribution in [0.3, 0.4) is 0 Å². The van der Waals surface area contributed by atoms with Gasteiger partial charge in [-0.25, -0.2) is 0 Å². The second-order valence-electron chi connectivity index (χ2n) is 5.88. The van der Waals surface area contributed by atoms with Crippen molar-refractivity contribution in [2.24, 2.45) is 11.8 Å². The molecule has 1 aliphatic rings. The number of carbonyl (C=O) groups excluding carboxylic acids is 2. The van der Waals surface area contributed by atoms with Crippen LogP contribution in [0.15, 0.2) is 22.8 Å². The molecule has 1 aromatic heterocycles. The lowest BCUT2D eigenvalue weighted by atomic mass is 9.80. The predicted molar refractivity (Wildman–Crippen MR) is 77.1 cm³/mol. The Bertz CT molecular complexity index is 546. The molecule has 1 saturated carbocycles. The Morgan fingerprint density at radius 1 is 1.32 bits per heavy atom. The minimum atomic E-state index is -0.836. The summed E-state index contributed by atoms with van der Waals surface area (Å²) in [4.78, 5) is 35.0. The number of furan rings is 1. The summed E-state index contributed by atoms with van der Waals surface area (Å²) in [6, 6.07) is 2.28. The fraction of sp³-hybridized carbons (Fsp3) is 0.533. The number of rotatable bonds is 6. The van der Waals surface area contributed by atoms with Crippen molar-refractivity contribution < 1.29 is 23.9 Å². The molecule has 2 amide bonds. The molecule has 1 unspecified atom stereocenters. The van der Waals surface area contributed by atoms with Gasteiger partial charge >= 0.3 is 5.97 Å². The van der Waals surface area contributed by atoms with E-state index in [2.05, 4.69) is 10.6 Å². The van der Waals surface area contributed by atoms with Gasteiger partial charge in [0.25, 0.3) is 5.91 Å². The van der Waals surface area contributed by atoms with Crippen LogP contribution in [0.2, 0.25) is 0 Å². The van der Waals surface area contributed by atoms with Crippen LogP contribution < -0.4 is 10.6 Å². The third-order valence-corrected chi connectivity index (χ3v) is 3.81. The SMILES string of the molecule is CC(C)C(NC(=O)c1ccco1)C(=O)NC1CC(C(=O)O)C1. The molecule has 0 aliphatic heterocycles. The molecule has 120 valence electrons. The Labute approximate surface area is 128 Å². The number of aliphatic carboxylic acids is 1. The molecule has 3 N–H and O–H groups in total. The van der Waals surface area contributed by atoms with Gasteiger partial charge in [-0.1, -0.05) is 13.8 Å². The van der Waals surface area contributed by atoms with E-state index in [1.807, 2.05) is 13.8 Å². The number of hydrogen-bond donors (Lipinski definition) is 3. The Morgan fingerprint density at radius 2 is 2.00 bits per heavy atom. The molecule has 0 spiro atoms. The Hall–Kier alpha value is -2.31. The zero-order valence-electron chi connectivity index (χ0n) is 12.5. The van der Waals surface area contributed by atoms with E-state index in [-0.39, 0.29) is 29.5 Å². The first-order chi connectivity index (χ1) is 10.4. The molecule has 2 rings (SSSR count). The normalized spacial score (nSPS) is 21.8. The van der Waals surface area contributed by atoms with Crippen molar-refractivity contribution in [3.05, 3.63) is 24.2 Å². The van der Waals surface area contributed by atoms with Crippen molar-refractivity contribution in [3.63, 3.8) is 0 Å². The number of hydrogen-bond acceptors (Lipinski definition) is 4. The molecule has 22 heavy (non-hydrogen) atoms. The van der Waals surface area contributed by atoms with Crippen molar-refractivity contribution in [2.75, 3.05) is 0 Å². The number of amides is 2. The Kier molecular flexibility index (Phi) is 4.85. The summed E-state index contributed by atoms with van der Waals surface area (Å²) in [6.45, 7) is 3.65. The molecule has 1 aliphatic carbocycles. The van der Waals surface area contributed by atoms with Crippen LogP contribution in [0.25, 0.3) is 0 Å². The first-order valence-corrected chi connectivity index (χ1v) is 7.26. The van der Waals surface area contributed by atoms with E-state index in [0.717, 1.165) is 0 Å². The second-order valence-corrected chi connectivity index (χ2v) is 5.88. The Morgan fingerprint density at radius 3 is 2.50 bits per heavy atom. The van der Waals surface area contributed by atoms with Gasteiger partial charge in [0, 0.05) is 6.04 Å². The summed E-state index contributed by atoms with van der Waals surface area (Å²) in [6.07, 6.45) is 2.25. The molecular formula is C15H20N2O5. The van der Waals surface area contributed by atoms with E-state index in [1.165, 1.54) is 12.3 Å². The van der Waals surface area contributed by atoms with Crippen molar-refractivity contribution in [2.45, 2.75) is 38.8 Å². The second kappa shape index (κ2) is 6.64. The minimum Gasteiger partial charge on any atom is -0.481 e. The molecule has 1 fully saturated rings. The van der Waals surface area contributed by atoms with Crippen LogP contribution in [0.1, 0.15) is 37.2 Å². The van der Waals surface area contributed by atoms with Crippen LogP contribution in [0.4, 0.5) is 0 Å². The van der Waals surface area contributed by atoms with E-state index in [0.29, 0.717) is 12.8 Å². The topological polar surface area (TPSA) is 109 Å². The standard InChI is InChI=1S/C15H20N2O5/c1-8(2)12(17-13(18)11-4-3-5-22-11)14(19)16-10-6-9(7-10)15(20)21/h3-5,8-10,12H,6-7H2,1-2H3,(H,16,19)(H,17,18)(H,20,21). The molecule has 1 aromatic rings. The van der Waals surface area contributed by atoms with E-state index < -0.39 is 17.9 Å². The summed E-state index contributed by atoms with van der Waals surface area (Å²) in [7, 11) is 0. The number of carboxylic acids is 1. The van der Waals surface area contributed by atoms with Crippen LogP contribution >= 0.6 is 0 Å². The molecular weight excluding hydrogens is 288 g/mol. The van der Waals surface area contributed by atoms with E-state index in [9.17, 15) is 14.4 Å². The van der Waals surface area contributed by atoms with Gasteiger partial charge < -0.3 is 20.2 Å². The average Bonchev–Trinajstić information content (AvgIpc) is 2.92. The molecule has 0 aromatic carbocycles. The molecule has 0 saturated heterocycles. The smallest absolute Gasteiger partial charge is 0.306 e. The maximum absolute atomic E-state index is 12.3. The van der Waals surface area contributed by atoms with Gasteiger partial charge in [0.15, 0.2) is 5.76 Å². The lowest BCUT2D eigenvalue weighted by Gasteiger charge is -2.34. The summed E-state index contributed by atoms with van der Waals surface area (Å²) < 4.78 is 5.00. The van der Waals surface area contributed by atoms with Crippen molar-refractivity contribution in [3.8, 4) is 0 Å². The van der Waals surface area contributed by atoms with Crippen molar-refractivity contribution in [1.82, 2.24) is 10.6 Å². The number of nitrogens with one attached hydrogen (secondary N) is 2. The van der Waals surface area contributed by atoms with Gasteiger partial charge in [-0.3, -0.25) is 14.4 Å². The van der Waals surface area contributed by atoms with E-state index >= 15 is 0 Å². The molecule has 7 nitrogen and oxygen atoms in total. The third kappa shape index (κ3) is 3.66. The fourth-order valence-electron chi connectivity index (χ4n) is 2.38. The largest absolute Gasteiger partial charge is 0.481 e. The molecule has 7 heteroatoms. The highest BCUT2D eigenvalue weighted by molar-refractivity contribution is 5.95. The van der Waals surface area contributed by atoms with Crippen molar-refractivity contribution in [1.29, 1.82) is 0 Å². The highest BCUT2D eigenvalue weighted by Crippen LogP contribution is 2.27. The zero-order valence-corrected chi connectivity index (χ0v) is 12.5. The molecule has 0 radical (unpaired) electrons. The summed E-state index contributed by atoms with van der Waals surface area (Å²) in [5.41, 5.74) is 0. The maximum atomic E-state index is 12.3. The number of carboxylic acid groups (broad SMARTS) is 1. The van der Waals surface area contributed by atoms with Gasteiger partial charge in [-0.15, -0.1) is 0 Å². The zero-order chi connectivity index (χ0) is 16.3. The molecule has 1 atom stereocenters. The van der Waals surface area contributed by atoms with Crippen LogP contribution in [-0.2, 0) is 9.59 Å². The highest BCUT2D eigenvalue weighted by atomic mass is 16.4. The lowest BCUT2D eigenvalue weighted by Crippen LogP contribution is -2.55. The van der Waals surface area contributed by atoms with Gasteiger partial charge in [-0.2, -0.15) is 0 Å². The lowest BCUT2D eigenvalue weighted by molar-refractivity contribution is -0.146. The first kappa shape index (κ1) is 16.1. The fourth-order valence-corrected chi connectivity index (χ4v) is 2.38. The highest BCUT2D eigenvalue weighted by Gasteiger charge is 2.37. The Balaban J connectivity index is 1.89. The van der Waals surface area contributed by atoms with E-state index in [4.69, 9.17) is 9.52 Å². The predicted octanol–water partition coefficient (Wildman–Crippen LogP) is 1.01. The van der Waals surface area contributed by atoms with Gasteiger partial charge in [0.1, 0.15) is 6.04 Å². The minimum absolute atomic E-state index is 0.103. The average molecular weight is 308 g/mol. The first-order valence-electron chi connectivity index (χ1n) is 7.26. The quantitative estimate of drug-likeness (QED) is 0.727. The van der Waals surface area contributed by atoms with Crippen molar-refractivity contribution >= 4 is 17.8 Å². The van der Waals surface area contributed by atoms with Gasteiger partial charge in [-0.05, 0) is 30.9 Å². The molecule has 0 bridgehead atoms. The van der Waals surface area contributed by atoms with Gasteiger partial charge in [0.2, 0.25) is 5.91 Å². The third-order valence-electron chi connectivity index (χ3n) is 3.81. The summed E-state index contributed by atoms with van der Waals surface area (Å²) in [5.74, 6) is -1.93. The maximum Gasteiger partial charge on any atom is 0.306 e. The number of carbonyl (C=O) groups is 3. The molecule has 1 heterocycles. The van der Waals surface area contributed by atoms with Crippen LogP contribution in [0.5, 0.6) is 0 Å². The summed E-state index contributed by atoms with van der Waals surface area (Å²) >= 11 is 0. The van der Waals surface area contributed by atoms with Crippen LogP contribution in [-0.4, -0.2) is 35.0 Å². The summed E-state index contributed by atoms with van der Waals surface area (Å²) in [5, 5.41) is 14.3. The van der Waals surface area contributed by atoms with Crippen LogP contribution in [0, 0.1) is 11.8 Å². The van der Waals surface area contributed by atoms with Gasteiger partial charge in [0.05, 0.1) is 12.2 Å².